The van der Waals surface area contributed by atoms with E-state index < -0.39 is 8.60 Å². The van der Waals surface area contributed by atoms with Crippen molar-refractivity contribution in [3.05, 3.63) is 102 Å². The molecule has 3 nitrogen and oxygen atoms in total. The molecule has 4 heteroatoms. The molecular formula is C30H33O3P. The highest BCUT2D eigenvalue weighted by molar-refractivity contribution is 7.43. The molecule has 0 N–H and O–H groups in total. The Bertz CT molecular complexity index is 1200. The Morgan fingerprint density at radius 1 is 0.529 bits per heavy atom. The van der Waals surface area contributed by atoms with Crippen LogP contribution >= 0.6 is 8.60 Å². The smallest absolute Gasteiger partial charge is 0.409 e. The summed E-state index contributed by atoms with van der Waals surface area (Å²) in [5.41, 5.74) is 2.40. The second-order valence-corrected chi connectivity index (χ2v) is 11.5. The van der Waals surface area contributed by atoms with Crippen LogP contribution in [0.1, 0.15) is 52.7 Å². The van der Waals surface area contributed by atoms with Crippen molar-refractivity contribution in [3.63, 3.8) is 0 Å². The highest BCUT2D eigenvalue weighted by Crippen LogP contribution is 2.46. The van der Waals surface area contributed by atoms with Gasteiger partial charge in [-0.1, -0.05) is 96.1 Å². The number of hydrogen-bond donors (Lipinski definition) is 0. The summed E-state index contributed by atoms with van der Waals surface area (Å²) in [6.07, 6.45) is 0. The van der Waals surface area contributed by atoms with E-state index in [0.717, 1.165) is 16.7 Å². The lowest BCUT2D eigenvalue weighted by Gasteiger charge is -2.26. The lowest BCUT2D eigenvalue weighted by atomic mass is 9.83. The van der Waals surface area contributed by atoms with Gasteiger partial charge in [-0.3, -0.25) is 0 Å². The van der Waals surface area contributed by atoms with Gasteiger partial charge < -0.3 is 13.6 Å². The van der Waals surface area contributed by atoms with Gasteiger partial charge in [-0.2, -0.15) is 0 Å². The van der Waals surface area contributed by atoms with Crippen LogP contribution in [-0.2, 0) is 10.8 Å². The summed E-state index contributed by atoms with van der Waals surface area (Å²) in [5, 5.41) is 2.34. The fraction of sp³-hybridized carbons (Fsp3) is 0.267. The molecule has 4 rings (SSSR count). The molecule has 0 radical (unpaired) electrons. The van der Waals surface area contributed by atoms with E-state index in [1.54, 1.807) is 0 Å². The van der Waals surface area contributed by atoms with Crippen molar-refractivity contribution in [2.45, 2.75) is 52.4 Å². The predicted octanol–water partition coefficient (Wildman–Crippen LogP) is 9.20. The van der Waals surface area contributed by atoms with Gasteiger partial charge >= 0.3 is 8.60 Å². The fourth-order valence-corrected chi connectivity index (χ4v) is 4.69. The van der Waals surface area contributed by atoms with Gasteiger partial charge in [-0.15, -0.1) is 0 Å². The Morgan fingerprint density at radius 2 is 1.09 bits per heavy atom. The van der Waals surface area contributed by atoms with Crippen LogP contribution in [-0.4, -0.2) is 0 Å². The van der Waals surface area contributed by atoms with Gasteiger partial charge in [0.05, 0.1) is 0 Å². The quantitative estimate of drug-likeness (QED) is 0.262. The van der Waals surface area contributed by atoms with Gasteiger partial charge in [0.1, 0.15) is 17.2 Å². The number of rotatable bonds is 6. The maximum atomic E-state index is 6.51. The van der Waals surface area contributed by atoms with Gasteiger partial charge in [-0.25, -0.2) is 0 Å². The molecule has 4 aromatic carbocycles. The van der Waals surface area contributed by atoms with Crippen molar-refractivity contribution in [1.82, 2.24) is 0 Å². The normalized spacial score (nSPS) is 12.1. The van der Waals surface area contributed by atoms with Crippen LogP contribution in [0.2, 0.25) is 0 Å². The first-order valence-electron chi connectivity index (χ1n) is 11.6. The summed E-state index contributed by atoms with van der Waals surface area (Å²) >= 11 is 0. The maximum Gasteiger partial charge on any atom is 0.530 e. The number of fused-ring (bicyclic) bond motifs is 1. The Morgan fingerprint density at radius 3 is 1.59 bits per heavy atom. The highest BCUT2D eigenvalue weighted by Gasteiger charge is 2.26. The maximum absolute atomic E-state index is 6.51. The highest BCUT2D eigenvalue weighted by atomic mass is 31.2. The average Bonchev–Trinajstić information content (AvgIpc) is 2.78. The Kier molecular flexibility index (Phi) is 6.86. The molecule has 0 aromatic heterocycles. The van der Waals surface area contributed by atoms with Crippen LogP contribution in [0, 0.1) is 0 Å². The number of benzene rings is 4. The molecule has 0 amide bonds. The summed E-state index contributed by atoms with van der Waals surface area (Å²) in [7, 11) is -1.73. The molecule has 0 atom stereocenters. The molecule has 0 saturated carbocycles. The van der Waals surface area contributed by atoms with Crippen molar-refractivity contribution in [1.29, 1.82) is 0 Å². The minimum Gasteiger partial charge on any atom is -0.409 e. The SMILES string of the molecule is CC(C)(C)c1ccc2cc(OP(Oc3ccccc3)Oc3ccccc3)c(C(C)(C)C)cc2c1. The van der Waals surface area contributed by atoms with Crippen LogP contribution in [0.15, 0.2) is 91.0 Å². The summed E-state index contributed by atoms with van der Waals surface area (Å²) < 4.78 is 18.9. The van der Waals surface area contributed by atoms with E-state index in [4.69, 9.17) is 13.6 Å². The average molecular weight is 473 g/mol. The largest absolute Gasteiger partial charge is 0.530 e. The second kappa shape index (κ2) is 9.68. The molecule has 0 spiro atoms. The molecule has 0 unspecified atom stereocenters. The standard InChI is InChI=1S/C30H33O3P/c1-29(2,3)24-18-17-22-21-28(27(30(4,5)6)20-23(22)19-24)33-34(31-25-13-9-7-10-14-25)32-26-15-11-8-12-16-26/h7-21H,1-6H3. The van der Waals surface area contributed by atoms with E-state index >= 15 is 0 Å². The minimum absolute atomic E-state index is 0.0899. The van der Waals surface area contributed by atoms with E-state index in [0.29, 0.717) is 11.5 Å². The number of para-hydroxylation sites is 2. The molecule has 0 heterocycles. The predicted molar refractivity (Wildman–Crippen MR) is 143 cm³/mol. The van der Waals surface area contributed by atoms with Gasteiger partial charge in [0.15, 0.2) is 0 Å². The lowest BCUT2D eigenvalue weighted by Crippen LogP contribution is -2.14. The minimum atomic E-state index is -1.73. The van der Waals surface area contributed by atoms with E-state index in [1.807, 2.05) is 60.7 Å². The molecule has 0 aliphatic carbocycles. The van der Waals surface area contributed by atoms with E-state index in [9.17, 15) is 0 Å². The Balaban J connectivity index is 1.74. The van der Waals surface area contributed by atoms with Gasteiger partial charge in [-0.05, 0) is 63.6 Å². The Labute approximate surface area is 204 Å². The van der Waals surface area contributed by atoms with Crippen LogP contribution in [0.25, 0.3) is 10.8 Å². The molecule has 4 aromatic rings. The fourth-order valence-electron chi connectivity index (χ4n) is 3.68. The van der Waals surface area contributed by atoms with Crippen LogP contribution in [0.3, 0.4) is 0 Å². The molecule has 0 aliphatic heterocycles. The second-order valence-electron chi connectivity index (χ2n) is 10.5. The zero-order valence-electron chi connectivity index (χ0n) is 20.8. The van der Waals surface area contributed by atoms with Gasteiger partial charge in [0, 0.05) is 5.56 Å². The summed E-state index contributed by atoms with van der Waals surface area (Å²) in [4.78, 5) is 0. The summed E-state index contributed by atoms with van der Waals surface area (Å²) in [5.74, 6) is 2.19. The first kappa shape index (κ1) is 24.1. The summed E-state index contributed by atoms with van der Waals surface area (Å²) in [6, 6.07) is 30.3. The molecule has 176 valence electrons. The zero-order valence-corrected chi connectivity index (χ0v) is 21.7. The van der Waals surface area contributed by atoms with Crippen LogP contribution in [0.4, 0.5) is 0 Å². The van der Waals surface area contributed by atoms with Gasteiger partial charge in [0.25, 0.3) is 0 Å². The Hall–Kier alpha value is -3.03. The third-order valence-corrected chi connectivity index (χ3v) is 6.70. The van der Waals surface area contributed by atoms with Gasteiger partial charge in [0.2, 0.25) is 0 Å². The molecule has 34 heavy (non-hydrogen) atoms. The van der Waals surface area contributed by atoms with E-state index in [1.165, 1.54) is 10.9 Å². The van der Waals surface area contributed by atoms with Crippen LogP contribution in [0.5, 0.6) is 17.2 Å². The first-order chi connectivity index (χ1) is 16.1. The monoisotopic (exact) mass is 472 g/mol. The summed E-state index contributed by atoms with van der Waals surface area (Å²) in [6.45, 7) is 13.3. The molecule has 0 aliphatic rings. The van der Waals surface area contributed by atoms with Crippen molar-refractivity contribution in [2.24, 2.45) is 0 Å². The topological polar surface area (TPSA) is 27.7 Å². The van der Waals surface area contributed by atoms with Crippen molar-refractivity contribution >= 4 is 19.4 Å². The molecule has 0 bridgehead atoms. The lowest BCUT2D eigenvalue weighted by molar-refractivity contribution is 0.383. The van der Waals surface area contributed by atoms with E-state index in [2.05, 4.69) is 71.9 Å². The number of hydrogen-bond acceptors (Lipinski definition) is 3. The first-order valence-corrected chi connectivity index (χ1v) is 12.7. The third-order valence-electron chi connectivity index (χ3n) is 5.63. The molecule has 0 fully saturated rings. The third kappa shape index (κ3) is 5.90. The van der Waals surface area contributed by atoms with Crippen molar-refractivity contribution in [3.8, 4) is 17.2 Å². The van der Waals surface area contributed by atoms with Crippen molar-refractivity contribution < 1.29 is 13.6 Å². The van der Waals surface area contributed by atoms with E-state index in [-0.39, 0.29) is 10.8 Å². The molecular weight excluding hydrogens is 439 g/mol. The van der Waals surface area contributed by atoms with Crippen LogP contribution < -0.4 is 13.6 Å². The van der Waals surface area contributed by atoms with Crippen molar-refractivity contribution in [2.75, 3.05) is 0 Å². The molecule has 0 saturated heterocycles. The zero-order chi connectivity index (χ0) is 24.3.